The SMILES string of the molecule is CCC(CO)NS(=O)(=O)c1ccc(Cl)c(N)c1Cl. The van der Waals surface area contributed by atoms with Crippen LogP contribution in [0.3, 0.4) is 0 Å². The Morgan fingerprint density at radius 3 is 2.56 bits per heavy atom. The molecule has 0 saturated carbocycles. The number of nitrogens with one attached hydrogen (secondary N) is 1. The number of aliphatic hydroxyl groups excluding tert-OH is 1. The first-order valence-corrected chi connectivity index (χ1v) is 7.44. The predicted octanol–water partition coefficient (Wildman–Crippen LogP) is 1.62. The van der Waals surface area contributed by atoms with E-state index in [-0.39, 0.29) is 27.2 Å². The van der Waals surface area contributed by atoms with Gasteiger partial charge in [-0.2, -0.15) is 0 Å². The van der Waals surface area contributed by atoms with Crippen molar-refractivity contribution in [1.29, 1.82) is 0 Å². The molecule has 5 nitrogen and oxygen atoms in total. The van der Waals surface area contributed by atoms with E-state index in [4.69, 9.17) is 34.0 Å². The minimum Gasteiger partial charge on any atom is -0.396 e. The number of hydrogen-bond donors (Lipinski definition) is 3. The molecule has 0 radical (unpaired) electrons. The van der Waals surface area contributed by atoms with Crippen molar-refractivity contribution in [2.24, 2.45) is 0 Å². The monoisotopic (exact) mass is 312 g/mol. The van der Waals surface area contributed by atoms with Gasteiger partial charge in [0.25, 0.3) is 0 Å². The molecule has 1 rings (SSSR count). The number of benzene rings is 1. The van der Waals surface area contributed by atoms with E-state index >= 15 is 0 Å². The fourth-order valence-corrected chi connectivity index (χ4v) is 3.36. The summed E-state index contributed by atoms with van der Waals surface area (Å²) in [5, 5.41) is 9.06. The third-order valence-electron chi connectivity index (χ3n) is 2.42. The largest absolute Gasteiger partial charge is 0.396 e. The standard InChI is InChI=1S/C10H14Cl2N2O3S/c1-2-6(5-15)14-18(16,17)8-4-3-7(11)10(13)9(8)12/h3-4,6,14-15H,2,5,13H2,1H3. The number of nitrogen functional groups attached to an aromatic ring is 1. The van der Waals surface area contributed by atoms with E-state index in [0.717, 1.165) is 0 Å². The second kappa shape index (κ2) is 6.08. The van der Waals surface area contributed by atoms with Crippen LogP contribution in [0.25, 0.3) is 0 Å². The molecule has 102 valence electrons. The van der Waals surface area contributed by atoms with Gasteiger partial charge in [-0.3, -0.25) is 0 Å². The molecule has 0 aromatic heterocycles. The summed E-state index contributed by atoms with van der Waals surface area (Å²) in [6.07, 6.45) is 0.455. The maximum atomic E-state index is 12.0. The summed E-state index contributed by atoms with van der Waals surface area (Å²) in [4.78, 5) is -0.155. The summed E-state index contributed by atoms with van der Waals surface area (Å²) in [6, 6.07) is 2.06. The first-order valence-electron chi connectivity index (χ1n) is 5.20. The minimum absolute atomic E-state index is 0.0123. The molecule has 0 saturated heterocycles. The van der Waals surface area contributed by atoms with Crippen LogP contribution in [-0.4, -0.2) is 26.2 Å². The zero-order valence-corrected chi connectivity index (χ0v) is 12.0. The molecular formula is C10H14Cl2N2O3S. The summed E-state index contributed by atoms with van der Waals surface area (Å²) >= 11 is 11.6. The van der Waals surface area contributed by atoms with Gasteiger partial charge in [-0.1, -0.05) is 30.1 Å². The van der Waals surface area contributed by atoms with E-state index < -0.39 is 16.1 Å². The third-order valence-corrected chi connectivity index (χ3v) is 4.83. The van der Waals surface area contributed by atoms with Gasteiger partial charge >= 0.3 is 0 Å². The number of anilines is 1. The van der Waals surface area contributed by atoms with Gasteiger partial charge in [0, 0.05) is 6.04 Å². The zero-order valence-electron chi connectivity index (χ0n) is 9.65. The highest BCUT2D eigenvalue weighted by molar-refractivity contribution is 7.89. The van der Waals surface area contributed by atoms with Crippen molar-refractivity contribution in [1.82, 2.24) is 4.72 Å². The number of hydrogen-bond acceptors (Lipinski definition) is 4. The van der Waals surface area contributed by atoms with Crippen LogP contribution < -0.4 is 10.5 Å². The molecule has 4 N–H and O–H groups in total. The Labute approximate surface area is 116 Å². The molecule has 1 aromatic rings. The molecule has 0 spiro atoms. The fourth-order valence-electron chi connectivity index (χ4n) is 1.29. The van der Waals surface area contributed by atoms with Gasteiger partial charge in [0.05, 0.1) is 22.3 Å². The van der Waals surface area contributed by atoms with Gasteiger partial charge in [0.15, 0.2) is 0 Å². The molecule has 0 fully saturated rings. The predicted molar refractivity (Wildman–Crippen MR) is 72.4 cm³/mol. The molecule has 0 aliphatic rings. The third kappa shape index (κ3) is 3.27. The maximum absolute atomic E-state index is 12.0. The van der Waals surface area contributed by atoms with E-state index in [1.807, 2.05) is 0 Å². The summed E-state index contributed by atoms with van der Waals surface area (Å²) in [5.74, 6) is 0. The second-order valence-corrected chi connectivity index (χ2v) is 6.15. The quantitative estimate of drug-likeness (QED) is 0.720. The van der Waals surface area contributed by atoms with Gasteiger partial charge in [0.2, 0.25) is 10.0 Å². The van der Waals surface area contributed by atoms with Crippen LogP contribution in [0.2, 0.25) is 10.0 Å². The Morgan fingerprint density at radius 1 is 1.44 bits per heavy atom. The molecule has 1 unspecified atom stereocenters. The van der Waals surface area contributed by atoms with E-state index in [2.05, 4.69) is 4.72 Å². The van der Waals surface area contributed by atoms with Crippen molar-refractivity contribution >= 4 is 38.9 Å². The molecule has 0 bridgehead atoms. The van der Waals surface area contributed by atoms with Gasteiger partial charge in [0.1, 0.15) is 4.90 Å². The lowest BCUT2D eigenvalue weighted by Gasteiger charge is -2.16. The number of rotatable bonds is 5. The van der Waals surface area contributed by atoms with E-state index in [0.29, 0.717) is 6.42 Å². The Hall–Kier alpha value is -0.530. The lowest BCUT2D eigenvalue weighted by Crippen LogP contribution is -2.37. The maximum Gasteiger partial charge on any atom is 0.242 e. The molecule has 0 aliphatic heterocycles. The van der Waals surface area contributed by atoms with Crippen LogP contribution in [0, 0.1) is 0 Å². The summed E-state index contributed by atoms with van der Waals surface area (Å²) < 4.78 is 26.4. The number of nitrogens with two attached hydrogens (primary N) is 1. The molecular weight excluding hydrogens is 299 g/mol. The van der Waals surface area contributed by atoms with Gasteiger partial charge in [-0.15, -0.1) is 0 Å². The number of aliphatic hydroxyl groups is 1. The normalized spacial score (nSPS) is 13.6. The zero-order chi connectivity index (χ0) is 13.9. The molecule has 0 heterocycles. The second-order valence-electron chi connectivity index (χ2n) is 3.68. The summed E-state index contributed by atoms with van der Waals surface area (Å²) in [6.45, 7) is 1.46. The number of sulfonamides is 1. The number of halogens is 2. The first kappa shape index (κ1) is 15.5. The van der Waals surface area contributed by atoms with E-state index in [1.54, 1.807) is 6.92 Å². The van der Waals surface area contributed by atoms with Gasteiger partial charge in [-0.25, -0.2) is 13.1 Å². The van der Waals surface area contributed by atoms with Crippen molar-refractivity contribution in [3.63, 3.8) is 0 Å². The Balaban J connectivity index is 3.17. The molecule has 8 heteroatoms. The topological polar surface area (TPSA) is 92.4 Å². The molecule has 0 aliphatic carbocycles. The van der Waals surface area contributed by atoms with E-state index in [9.17, 15) is 8.42 Å². The summed E-state index contributed by atoms with van der Waals surface area (Å²) in [7, 11) is -3.83. The van der Waals surface area contributed by atoms with Crippen LogP contribution in [0.1, 0.15) is 13.3 Å². The van der Waals surface area contributed by atoms with Crippen molar-refractivity contribution in [3.8, 4) is 0 Å². The molecule has 0 amide bonds. The lowest BCUT2D eigenvalue weighted by molar-refractivity contribution is 0.254. The first-order chi connectivity index (χ1) is 8.33. The smallest absolute Gasteiger partial charge is 0.242 e. The average molecular weight is 313 g/mol. The Bertz CT molecular complexity index is 530. The Morgan fingerprint density at radius 2 is 2.06 bits per heavy atom. The van der Waals surface area contributed by atoms with Gasteiger partial charge < -0.3 is 10.8 Å². The summed E-state index contributed by atoms with van der Waals surface area (Å²) in [5.41, 5.74) is 5.58. The van der Waals surface area contributed by atoms with Crippen LogP contribution in [0.5, 0.6) is 0 Å². The van der Waals surface area contributed by atoms with Crippen molar-refractivity contribution in [2.75, 3.05) is 12.3 Å². The molecule has 18 heavy (non-hydrogen) atoms. The Kier molecular flexibility index (Phi) is 5.24. The lowest BCUT2D eigenvalue weighted by atomic mass is 10.3. The van der Waals surface area contributed by atoms with Crippen molar-refractivity contribution < 1.29 is 13.5 Å². The van der Waals surface area contributed by atoms with Crippen LogP contribution in [0.4, 0.5) is 5.69 Å². The fraction of sp³-hybridized carbons (Fsp3) is 0.400. The highest BCUT2D eigenvalue weighted by Crippen LogP contribution is 2.33. The van der Waals surface area contributed by atoms with Crippen LogP contribution in [0.15, 0.2) is 17.0 Å². The average Bonchev–Trinajstić information content (AvgIpc) is 2.32. The highest BCUT2D eigenvalue weighted by Gasteiger charge is 2.23. The molecule has 1 aromatic carbocycles. The van der Waals surface area contributed by atoms with Crippen molar-refractivity contribution in [2.45, 2.75) is 24.3 Å². The van der Waals surface area contributed by atoms with Crippen LogP contribution in [-0.2, 0) is 10.0 Å². The van der Waals surface area contributed by atoms with Crippen LogP contribution >= 0.6 is 23.2 Å². The van der Waals surface area contributed by atoms with Gasteiger partial charge in [-0.05, 0) is 18.6 Å². The van der Waals surface area contributed by atoms with Crippen molar-refractivity contribution in [3.05, 3.63) is 22.2 Å². The van der Waals surface area contributed by atoms with E-state index in [1.165, 1.54) is 12.1 Å². The highest BCUT2D eigenvalue weighted by atomic mass is 35.5. The minimum atomic E-state index is -3.83. The molecule has 1 atom stereocenters.